The Hall–Kier alpha value is -2.04. The van der Waals surface area contributed by atoms with Crippen molar-refractivity contribution in [1.29, 1.82) is 0 Å². The Bertz CT molecular complexity index is 545. The zero-order valence-electron chi connectivity index (χ0n) is 9.60. The standard InChI is InChI=1S/C12H14N4O/c1-17-8-4-5-9(10(13)6-8)12-14-11(15-16-12)7-2-3-7/h4-7H,2-3,13H2,1H3,(H,14,15,16). The van der Waals surface area contributed by atoms with Crippen LogP contribution in [0.2, 0.25) is 0 Å². The van der Waals surface area contributed by atoms with Gasteiger partial charge in [0.1, 0.15) is 11.6 Å². The predicted molar refractivity (Wildman–Crippen MR) is 64.8 cm³/mol. The molecule has 3 rings (SSSR count). The van der Waals surface area contributed by atoms with Crippen molar-refractivity contribution in [3.05, 3.63) is 24.0 Å². The Balaban J connectivity index is 1.96. The van der Waals surface area contributed by atoms with E-state index in [9.17, 15) is 0 Å². The number of nitrogens with zero attached hydrogens (tertiary/aromatic N) is 2. The van der Waals surface area contributed by atoms with E-state index in [0.29, 0.717) is 17.4 Å². The maximum Gasteiger partial charge on any atom is 0.183 e. The molecule has 0 radical (unpaired) electrons. The first-order valence-electron chi connectivity index (χ1n) is 5.64. The average Bonchev–Trinajstić information content (AvgIpc) is 3.08. The number of H-pyrrole nitrogens is 1. The van der Waals surface area contributed by atoms with Crippen molar-refractivity contribution >= 4 is 5.69 Å². The molecule has 88 valence electrons. The minimum atomic E-state index is 0.565. The summed E-state index contributed by atoms with van der Waals surface area (Å²) in [6.45, 7) is 0. The van der Waals surface area contributed by atoms with Crippen LogP contribution in [0.15, 0.2) is 18.2 Å². The van der Waals surface area contributed by atoms with Crippen LogP contribution in [0.25, 0.3) is 11.4 Å². The predicted octanol–water partition coefficient (Wildman–Crippen LogP) is 1.94. The molecule has 5 nitrogen and oxygen atoms in total. The number of nitrogens with one attached hydrogen (secondary N) is 1. The number of methoxy groups -OCH3 is 1. The second kappa shape index (κ2) is 3.76. The number of ether oxygens (including phenoxy) is 1. The van der Waals surface area contributed by atoms with Gasteiger partial charge in [-0.2, -0.15) is 5.10 Å². The van der Waals surface area contributed by atoms with Crippen LogP contribution in [0.4, 0.5) is 5.69 Å². The molecule has 0 unspecified atom stereocenters. The van der Waals surface area contributed by atoms with Crippen LogP contribution in [-0.2, 0) is 0 Å². The van der Waals surface area contributed by atoms with Crippen molar-refractivity contribution in [3.8, 4) is 17.1 Å². The third-order valence-corrected chi connectivity index (χ3v) is 2.97. The number of anilines is 1. The molecule has 2 aromatic rings. The lowest BCUT2D eigenvalue weighted by Gasteiger charge is -2.04. The van der Waals surface area contributed by atoms with Crippen LogP contribution >= 0.6 is 0 Å². The monoisotopic (exact) mass is 230 g/mol. The van der Waals surface area contributed by atoms with Crippen molar-refractivity contribution in [2.24, 2.45) is 0 Å². The number of hydrogen-bond acceptors (Lipinski definition) is 4. The van der Waals surface area contributed by atoms with Gasteiger partial charge in [0.15, 0.2) is 5.82 Å². The number of hydrogen-bond donors (Lipinski definition) is 2. The first-order valence-corrected chi connectivity index (χ1v) is 5.64. The Morgan fingerprint density at radius 1 is 1.41 bits per heavy atom. The fourth-order valence-corrected chi connectivity index (χ4v) is 1.81. The average molecular weight is 230 g/mol. The summed E-state index contributed by atoms with van der Waals surface area (Å²) in [6.07, 6.45) is 2.40. The molecule has 1 aromatic carbocycles. The third-order valence-electron chi connectivity index (χ3n) is 2.97. The Labute approximate surface area is 99.0 Å². The van der Waals surface area contributed by atoms with Gasteiger partial charge in [-0.3, -0.25) is 5.10 Å². The van der Waals surface area contributed by atoms with Gasteiger partial charge >= 0.3 is 0 Å². The van der Waals surface area contributed by atoms with E-state index in [1.807, 2.05) is 12.1 Å². The van der Waals surface area contributed by atoms with Crippen molar-refractivity contribution in [2.75, 3.05) is 12.8 Å². The molecule has 1 aliphatic carbocycles. The summed E-state index contributed by atoms with van der Waals surface area (Å²) < 4.78 is 5.11. The Morgan fingerprint density at radius 2 is 2.24 bits per heavy atom. The van der Waals surface area contributed by atoms with Crippen LogP contribution in [0, 0.1) is 0 Å². The van der Waals surface area contributed by atoms with Gasteiger partial charge in [0.2, 0.25) is 0 Å². The van der Waals surface area contributed by atoms with Gasteiger partial charge in [0.25, 0.3) is 0 Å². The number of nitrogens with two attached hydrogens (primary N) is 1. The molecule has 5 heteroatoms. The molecule has 0 bridgehead atoms. The molecule has 3 N–H and O–H groups in total. The molecule has 0 saturated heterocycles. The van der Waals surface area contributed by atoms with Gasteiger partial charge in [-0.25, -0.2) is 4.98 Å². The summed E-state index contributed by atoms with van der Waals surface area (Å²) in [5.41, 5.74) is 7.43. The summed E-state index contributed by atoms with van der Waals surface area (Å²) in [4.78, 5) is 4.47. The van der Waals surface area contributed by atoms with Gasteiger partial charge in [-0.05, 0) is 25.0 Å². The van der Waals surface area contributed by atoms with E-state index in [1.165, 1.54) is 12.8 Å². The van der Waals surface area contributed by atoms with Gasteiger partial charge in [0.05, 0.1) is 7.11 Å². The number of aromatic nitrogens is 3. The fourth-order valence-electron chi connectivity index (χ4n) is 1.81. The summed E-state index contributed by atoms with van der Waals surface area (Å²) in [7, 11) is 1.62. The van der Waals surface area contributed by atoms with Crippen LogP contribution in [0.1, 0.15) is 24.6 Å². The van der Waals surface area contributed by atoms with E-state index < -0.39 is 0 Å². The van der Waals surface area contributed by atoms with Gasteiger partial charge in [-0.15, -0.1) is 0 Å². The number of rotatable bonds is 3. The lowest BCUT2D eigenvalue weighted by Crippen LogP contribution is -1.93. The third kappa shape index (κ3) is 1.84. The maximum absolute atomic E-state index is 5.96. The molecule has 1 aliphatic rings. The largest absolute Gasteiger partial charge is 0.497 e. The van der Waals surface area contributed by atoms with Crippen molar-refractivity contribution in [2.45, 2.75) is 18.8 Å². The van der Waals surface area contributed by atoms with E-state index in [1.54, 1.807) is 13.2 Å². The topological polar surface area (TPSA) is 76.8 Å². The molecule has 0 aliphatic heterocycles. The van der Waals surface area contributed by atoms with Crippen molar-refractivity contribution in [1.82, 2.24) is 15.2 Å². The minimum absolute atomic E-state index is 0.565. The minimum Gasteiger partial charge on any atom is -0.497 e. The van der Waals surface area contributed by atoms with E-state index in [0.717, 1.165) is 17.1 Å². The van der Waals surface area contributed by atoms with Crippen molar-refractivity contribution in [3.63, 3.8) is 0 Å². The van der Waals surface area contributed by atoms with Crippen molar-refractivity contribution < 1.29 is 4.74 Å². The highest BCUT2D eigenvalue weighted by molar-refractivity contribution is 5.72. The van der Waals surface area contributed by atoms with Gasteiger partial charge in [-0.1, -0.05) is 0 Å². The molecule has 17 heavy (non-hydrogen) atoms. The maximum atomic E-state index is 5.96. The van der Waals surface area contributed by atoms with Crippen LogP contribution in [0.3, 0.4) is 0 Å². The quantitative estimate of drug-likeness (QED) is 0.790. The first-order chi connectivity index (χ1) is 8.28. The Morgan fingerprint density at radius 3 is 2.88 bits per heavy atom. The molecule has 1 heterocycles. The molecule has 1 aromatic heterocycles. The highest BCUT2D eigenvalue weighted by Gasteiger charge is 2.27. The normalized spacial score (nSPS) is 14.9. The summed E-state index contributed by atoms with van der Waals surface area (Å²) in [6, 6.07) is 5.52. The molecule has 0 amide bonds. The molecule has 1 saturated carbocycles. The van der Waals surface area contributed by atoms with E-state index in [2.05, 4.69) is 15.2 Å². The van der Waals surface area contributed by atoms with Gasteiger partial charge in [0, 0.05) is 23.2 Å². The fraction of sp³-hybridized carbons (Fsp3) is 0.333. The lowest BCUT2D eigenvalue weighted by molar-refractivity contribution is 0.415. The van der Waals surface area contributed by atoms with E-state index in [4.69, 9.17) is 10.5 Å². The second-order valence-corrected chi connectivity index (χ2v) is 4.27. The zero-order chi connectivity index (χ0) is 11.8. The number of benzene rings is 1. The molecule has 0 spiro atoms. The second-order valence-electron chi connectivity index (χ2n) is 4.27. The highest BCUT2D eigenvalue weighted by Crippen LogP contribution is 2.38. The highest BCUT2D eigenvalue weighted by atomic mass is 16.5. The first kappa shape index (κ1) is 10.1. The van der Waals surface area contributed by atoms with Crippen LogP contribution in [0.5, 0.6) is 5.75 Å². The smallest absolute Gasteiger partial charge is 0.183 e. The SMILES string of the molecule is COc1ccc(-c2n[nH]c(C3CC3)n2)c(N)c1. The zero-order valence-corrected chi connectivity index (χ0v) is 9.60. The summed E-state index contributed by atoms with van der Waals surface area (Å²) in [5.74, 6) is 2.93. The Kier molecular flexibility index (Phi) is 2.24. The summed E-state index contributed by atoms with van der Waals surface area (Å²) in [5, 5.41) is 7.18. The van der Waals surface area contributed by atoms with Crippen LogP contribution in [-0.4, -0.2) is 22.3 Å². The van der Waals surface area contributed by atoms with E-state index >= 15 is 0 Å². The lowest BCUT2D eigenvalue weighted by atomic mass is 10.1. The molecular weight excluding hydrogens is 216 g/mol. The van der Waals surface area contributed by atoms with Crippen LogP contribution < -0.4 is 10.5 Å². The molecule has 0 atom stereocenters. The van der Waals surface area contributed by atoms with E-state index in [-0.39, 0.29) is 0 Å². The molecule has 1 fully saturated rings. The summed E-state index contributed by atoms with van der Waals surface area (Å²) >= 11 is 0. The van der Waals surface area contributed by atoms with Gasteiger partial charge < -0.3 is 10.5 Å². The number of aromatic amines is 1. The number of nitrogen functional groups attached to an aromatic ring is 1. The molecular formula is C12H14N4O.